The molecule has 0 aliphatic carbocycles. The highest BCUT2D eigenvalue weighted by Gasteiger charge is 2.10. The first-order valence-electron chi connectivity index (χ1n) is 5.37. The summed E-state index contributed by atoms with van der Waals surface area (Å²) in [6, 6.07) is 6.13. The van der Waals surface area contributed by atoms with Crippen LogP contribution in [0.5, 0.6) is 0 Å². The molecule has 0 fully saturated rings. The van der Waals surface area contributed by atoms with Crippen LogP contribution in [-0.2, 0) is 0 Å². The van der Waals surface area contributed by atoms with E-state index in [2.05, 4.69) is 52.5 Å². The molecule has 0 unspecified atom stereocenters. The number of nitrogens with zero attached hydrogens (tertiary/aromatic N) is 2. The Labute approximate surface area is 115 Å². The van der Waals surface area contributed by atoms with Gasteiger partial charge in [0.2, 0.25) is 0 Å². The van der Waals surface area contributed by atoms with E-state index in [0.717, 1.165) is 14.8 Å². The Balaban J connectivity index is 2.65. The molecule has 0 saturated heterocycles. The number of benzene rings is 1. The van der Waals surface area contributed by atoms with Crippen LogP contribution in [0.1, 0.15) is 16.8 Å². The number of nitrogen functional groups attached to an aromatic ring is 1. The van der Waals surface area contributed by atoms with Gasteiger partial charge in [-0.3, -0.25) is 0 Å². The van der Waals surface area contributed by atoms with Gasteiger partial charge in [-0.1, -0.05) is 18.2 Å². The van der Waals surface area contributed by atoms with Crippen molar-refractivity contribution in [2.75, 3.05) is 5.73 Å². The summed E-state index contributed by atoms with van der Waals surface area (Å²) in [6.45, 7) is 6.12. The molecule has 4 heteroatoms. The maximum atomic E-state index is 5.89. The van der Waals surface area contributed by atoms with Crippen molar-refractivity contribution in [3.05, 3.63) is 38.6 Å². The molecule has 0 aliphatic heterocycles. The van der Waals surface area contributed by atoms with E-state index in [1.165, 1.54) is 11.1 Å². The van der Waals surface area contributed by atoms with Gasteiger partial charge >= 0.3 is 0 Å². The van der Waals surface area contributed by atoms with Crippen molar-refractivity contribution in [3.8, 4) is 11.4 Å². The van der Waals surface area contributed by atoms with Crippen molar-refractivity contribution in [1.82, 2.24) is 9.97 Å². The molecule has 2 rings (SSSR count). The van der Waals surface area contributed by atoms with Crippen molar-refractivity contribution in [2.24, 2.45) is 0 Å². The Morgan fingerprint density at radius 2 is 1.82 bits per heavy atom. The van der Waals surface area contributed by atoms with Crippen molar-refractivity contribution >= 4 is 28.4 Å². The molecule has 0 spiro atoms. The number of rotatable bonds is 1. The van der Waals surface area contributed by atoms with Crippen molar-refractivity contribution < 1.29 is 0 Å². The van der Waals surface area contributed by atoms with E-state index in [1.54, 1.807) is 0 Å². The summed E-state index contributed by atoms with van der Waals surface area (Å²) < 4.78 is 0.927. The number of aryl methyl sites for hydroxylation is 2. The Kier molecular flexibility index (Phi) is 3.33. The molecule has 0 aliphatic rings. The molecular formula is C13H14IN3. The smallest absolute Gasteiger partial charge is 0.162 e. The summed E-state index contributed by atoms with van der Waals surface area (Å²) in [5.74, 6) is 1.26. The van der Waals surface area contributed by atoms with Gasteiger partial charge in [0.25, 0.3) is 0 Å². The Morgan fingerprint density at radius 1 is 1.12 bits per heavy atom. The highest BCUT2D eigenvalue weighted by molar-refractivity contribution is 14.1. The van der Waals surface area contributed by atoms with E-state index in [4.69, 9.17) is 5.73 Å². The van der Waals surface area contributed by atoms with Gasteiger partial charge in [0.05, 0.1) is 9.26 Å². The Bertz CT molecular complexity index is 556. The second-order valence-electron chi connectivity index (χ2n) is 4.08. The zero-order chi connectivity index (χ0) is 12.6. The number of hydrogen-bond donors (Lipinski definition) is 1. The van der Waals surface area contributed by atoms with E-state index >= 15 is 0 Å². The minimum Gasteiger partial charge on any atom is -0.383 e. The predicted octanol–water partition coefficient (Wildman–Crippen LogP) is 3.26. The molecule has 0 atom stereocenters. The molecule has 1 aromatic heterocycles. The largest absolute Gasteiger partial charge is 0.383 e. The quantitative estimate of drug-likeness (QED) is 0.812. The summed E-state index contributed by atoms with van der Waals surface area (Å²) in [5, 5.41) is 0. The van der Waals surface area contributed by atoms with Gasteiger partial charge < -0.3 is 5.73 Å². The molecule has 1 aromatic carbocycles. The van der Waals surface area contributed by atoms with Crippen LogP contribution in [0.3, 0.4) is 0 Å². The van der Waals surface area contributed by atoms with Gasteiger partial charge in [0.15, 0.2) is 5.82 Å². The lowest BCUT2D eigenvalue weighted by molar-refractivity contribution is 1.09. The van der Waals surface area contributed by atoms with Gasteiger partial charge in [-0.05, 0) is 54.5 Å². The monoisotopic (exact) mass is 339 g/mol. The second kappa shape index (κ2) is 4.60. The third-order valence-corrected chi connectivity index (χ3v) is 4.22. The fraction of sp³-hybridized carbons (Fsp3) is 0.231. The zero-order valence-corrected chi connectivity index (χ0v) is 12.2. The lowest BCUT2D eigenvalue weighted by Crippen LogP contribution is -2.03. The first-order chi connectivity index (χ1) is 8.00. The summed E-state index contributed by atoms with van der Waals surface area (Å²) in [7, 11) is 0. The third kappa shape index (κ3) is 2.26. The lowest BCUT2D eigenvalue weighted by Gasteiger charge is -2.09. The van der Waals surface area contributed by atoms with Crippen molar-refractivity contribution in [3.63, 3.8) is 0 Å². The highest BCUT2D eigenvalue weighted by atomic mass is 127. The van der Waals surface area contributed by atoms with Gasteiger partial charge in [-0.15, -0.1) is 0 Å². The van der Waals surface area contributed by atoms with Gasteiger partial charge in [0, 0.05) is 5.56 Å². The average molecular weight is 339 g/mol. The number of halogens is 1. The molecule has 2 N–H and O–H groups in total. The standard InChI is InChI=1S/C13H14IN3/c1-7-5-4-6-10(8(7)2)13-16-9(3)11(14)12(15)17-13/h4-6H,1-3H3,(H2,15,16,17). The number of hydrogen-bond acceptors (Lipinski definition) is 3. The van der Waals surface area contributed by atoms with Crippen LogP contribution >= 0.6 is 22.6 Å². The molecule has 0 bridgehead atoms. The van der Waals surface area contributed by atoms with Crippen LogP contribution in [0, 0.1) is 24.3 Å². The van der Waals surface area contributed by atoms with Crippen LogP contribution in [0.2, 0.25) is 0 Å². The minimum absolute atomic E-state index is 0.550. The topological polar surface area (TPSA) is 51.8 Å². The molecule has 0 radical (unpaired) electrons. The lowest BCUT2D eigenvalue weighted by atomic mass is 10.0. The van der Waals surface area contributed by atoms with Crippen molar-refractivity contribution in [1.29, 1.82) is 0 Å². The van der Waals surface area contributed by atoms with Gasteiger partial charge in [-0.25, -0.2) is 9.97 Å². The molecule has 0 saturated carbocycles. The molecule has 88 valence electrons. The molecule has 17 heavy (non-hydrogen) atoms. The fourth-order valence-electron chi connectivity index (χ4n) is 1.70. The molecule has 0 amide bonds. The van der Waals surface area contributed by atoms with Gasteiger partial charge in [0.1, 0.15) is 5.82 Å². The van der Waals surface area contributed by atoms with E-state index in [-0.39, 0.29) is 0 Å². The van der Waals surface area contributed by atoms with Crippen LogP contribution in [0.4, 0.5) is 5.82 Å². The maximum absolute atomic E-state index is 5.89. The third-order valence-electron chi connectivity index (χ3n) is 2.89. The fourth-order valence-corrected chi connectivity index (χ4v) is 1.94. The molecule has 2 aromatic rings. The van der Waals surface area contributed by atoms with Crippen LogP contribution in [0.25, 0.3) is 11.4 Å². The zero-order valence-electron chi connectivity index (χ0n) is 10.1. The molecule has 3 nitrogen and oxygen atoms in total. The predicted molar refractivity (Wildman–Crippen MR) is 78.8 cm³/mol. The van der Waals surface area contributed by atoms with Gasteiger partial charge in [-0.2, -0.15) is 0 Å². The SMILES string of the molecule is Cc1cccc(-c2nc(C)c(I)c(N)n2)c1C. The normalized spacial score (nSPS) is 10.6. The first-order valence-corrected chi connectivity index (χ1v) is 6.44. The van der Waals surface area contributed by atoms with E-state index in [1.807, 2.05) is 19.1 Å². The number of aromatic nitrogens is 2. The minimum atomic E-state index is 0.550. The highest BCUT2D eigenvalue weighted by Crippen LogP contribution is 2.25. The van der Waals surface area contributed by atoms with Crippen LogP contribution < -0.4 is 5.73 Å². The summed E-state index contributed by atoms with van der Waals surface area (Å²) >= 11 is 2.17. The summed E-state index contributed by atoms with van der Waals surface area (Å²) in [6.07, 6.45) is 0. The van der Waals surface area contributed by atoms with Crippen LogP contribution in [-0.4, -0.2) is 9.97 Å². The molecular weight excluding hydrogens is 325 g/mol. The van der Waals surface area contributed by atoms with E-state index < -0.39 is 0 Å². The summed E-state index contributed by atoms with van der Waals surface area (Å²) in [4.78, 5) is 8.87. The maximum Gasteiger partial charge on any atom is 0.162 e. The van der Waals surface area contributed by atoms with E-state index in [0.29, 0.717) is 11.6 Å². The summed E-state index contributed by atoms with van der Waals surface area (Å²) in [5.41, 5.74) is 10.3. The van der Waals surface area contributed by atoms with Crippen LogP contribution in [0.15, 0.2) is 18.2 Å². The van der Waals surface area contributed by atoms with E-state index in [9.17, 15) is 0 Å². The average Bonchev–Trinajstić information content (AvgIpc) is 2.29. The molecule has 1 heterocycles. The first kappa shape index (κ1) is 12.3. The Morgan fingerprint density at radius 3 is 2.47 bits per heavy atom. The number of anilines is 1. The second-order valence-corrected chi connectivity index (χ2v) is 5.16. The number of nitrogens with two attached hydrogens (primary N) is 1. The Hall–Kier alpha value is -1.17. The van der Waals surface area contributed by atoms with Crippen molar-refractivity contribution in [2.45, 2.75) is 20.8 Å².